The predicted octanol–water partition coefficient (Wildman–Crippen LogP) is 3.54. The molecule has 0 aliphatic carbocycles. The standard InChI is InChI=1S/C12H24OS/c1-9(2)11-12(14,10(3)4)7-5-6-8-13-11/h9-11,14H,5-8H2,1-4H3/t11-,12?/m0/s1. The van der Waals surface area contributed by atoms with Gasteiger partial charge in [-0.15, -0.1) is 0 Å². The Morgan fingerprint density at radius 2 is 1.86 bits per heavy atom. The topological polar surface area (TPSA) is 9.23 Å². The van der Waals surface area contributed by atoms with Crippen molar-refractivity contribution in [3.05, 3.63) is 0 Å². The quantitative estimate of drug-likeness (QED) is 0.695. The van der Waals surface area contributed by atoms with Crippen molar-refractivity contribution in [2.75, 3.05) is 6.61 Å². The predicted molar refractivity (Wildman–Crippen MR) is 65.0 cm³/mol. The first kappa shape index (κ1) is 12.4. The molecule has 0 aromatic rings. The maximum atomic E-state index is 5.96. The van der Waals surface area contributed by atoms with E-state index in [1.54, 1.807) is 0 Å². The van der Waals surface area contributed by atoms with Crippen molar-refractivity contribution in [2.45, 2.75) is 57.8 Å². The van der Waals surface area contributed by atoms with Gasteiger partial charge in [0.05, 0.1) is 6.10 Å². The van der Waals surface area contributed by atoms with Crippen LogP contribution in [0.2, 0.25) is 0 Å². The molecule has 1 rings (SSSR count). The number of rotatable bonds is 2. The van der Waals surface area contributed by atoms with Crippen LogP contribution in [0.3, 0.4) is 0 Å². The van der Waals surface area contributed by atoms with Crippen LogP contribution >= 0.6 is 12.6 Å². The van der Waals surface area contributed by atoms with Crippen molar-refractivity contribution in [1.29, 1.82) is 0 Å². The molecule has 0 amide bonds. The Bertz CT molecular complexity index is 179. The van der Waals surface area contributed by atoms with Crippen molar-refractivity contribution < 1.29 is 4.74 Å². The first-order valence-electron chi connectivity index (χ1n) is 5.82. The summed E-state index contributed by atoms with van der Waals surface area (Å²) < 4.78 is 6.04. The molecule has 2 heteroatoms. The van der Waals surface area contributed by atoms with Gasteiger partial charge in [-0.25, -0.2) is 0 Å². The lowest BCUT2D eigenvalue weighted by molar-refractivity contribution is -0.00428. The molecule has 1 heterocycles. The number of thiol groups is 1. The molecule has 1 saturated heterocycles. The van der Waals surface area contributed by atoms with E-state index in [0.29, 0.717) is 17.9 Å². The van der Waals surface area contributed by atoms with Crippen molar-refractivity contribution in [3.63, 3.8) is 0 Å². The summed E-state index contributed by atoms with van der Waals surface area (Å²) in [6.07, 6.45) is 3.95. The summed E-state index contributed by atoms with van der Waals surface area (Å²) in [6.45, 7) is 9.92. The summed E-state index contributed by atoms with van der Waals surface area (Å²) in [6, 6.07) is 0. The first-order valence-corrected chi connectivity index (χ1v) is 6.27. The lowest BCUT2D eigenvalue weighted by Crippen LogP contribution is -2.45. The van der Waals surface area contributed by atoms with E-state index in [1.807, 2.05) is 0 Å². The van der Waals surface area contributed by atoms with E-state index in [9.17, 15) is 0 Å². The van der Waals surface area contributed by atoms with Crippen molar-refractivity contribution in [2.24, 2.45) is 11.8 Å². The lowest BCUT2D eigenvalue weighted by atomic mass is 9.80. The molecular formula is C12H24OS. The third-order valence-electron chi connectivity index (χ3n) is 3.37. The molecule has 1 aliphatic rings. The van der Waals surface area contributed by atoms with Crippen LogP contribution in [0.1, 0.15) is 47.0 Å². The van der Waals surface area contributed by atoms with Crippen LogP contribution in [0.4, 0.5) is 0 Å². The molecule has 1 nitrogen and oxygen atoms in total. The molecule has 1 unspecified atom stereocenters. The van der Waals surface area contributed by atoms with E-state index in [2.05, 4.69) is 27.7 Å². The SMILES string of the molecule is CC(C)[C@@H]1OCCCCC1(S)C(C)C. The normalized spacial score (nSPS) is 34.9. The second-order valence-electron chi connectivity index (χ2n) is 5.14. The Labute approximate surface area is 94.0 Å². The molecule has 0 bridgehead atoms. The summed E-state index contributed by atoms with van der Waals surface area (Å²) in [5.74, 6) is 1.14. The zero-order chi connectivity index (χ0) is 10.8. The zero-order valence-electron chi connectivity index (χ0n) is 9.92. The zero-order valence-corrected chi connectivity index (χ0v) is 10.8. The molecule has 14 heavy (non-hydrogen) atoms. The van der Waals surface area contributed by atoms with Crippen LogP contribution in [-0.4, -0.2) is 17.5 Å². The Balaban J connectivity index is 2.83. The van der Waals surface area contributed by atoms with Gasteiger partial charge >= 0.3 is 0 Å². The molecule has 0 aromatic carbocycles. The molecule has 0 spiro atoms. The fourth-order valence-electron chi connectivity index (χ4n) is 2.39. The summed E-state index contributed by atoms with van der Waals surface area (Å²) in [5, 5.41) is 0. The number of hydrogen-bond acceptors (Lipinski definition) is 2. The minimum atomic E-state index is 0.0741. The van der Waals surface area contributed by atoms with E-state index in [4.69, 9.17) is 17.4 Å². The summed E-state index contributed by atoms with van der Waals surface area (Å²) in [4.78, 5) is 0. The minimum Gasteiger partial charge on any atom is -0.377 e. The Morgan fingerprint density at radius 3 is 2.36 bits per heavy atom. The first-order chi connectivity index (χ1) is 6.48. The van der Waals surface area contributed by atoms with Crippen LogP contribution in [-0.2, 0) is 4.74 Å². The van der Waals surface area contributed by atoms with Crippen LogP contribution in [0.15, 0.2) is 0 Å². The van der Waals surface area contributed by atoms with E-state index in [-0.39, 0.29) is 4.75 Å². The van der Waals surface area contributed by atoms with Gasteiger partial charge in [0.25, 0.3) is 0 Å². The highest BCUT2D eigenvalue weighted by Gasteiger charge is 2.41. The maximum absolute atomic E-state index is 5.96. The van der Waals surface area contributed by atoms with Gasteiger partial charge in [-0.1, -0.05) is 27.7 Å². The largest absolute Gasteiger partial charge is 0.377 e. The van der Waals surface area contributed by atoms with Crippen LogP contribution < -0.4 is 0 Å². The van der Waals surface area contributed by atoms with Crippen molar-refractivity contribution >= 4 is 12.6 Å². The molecule has 0 N–H and O–H groups in total. The molecular weight excluding hydrogens is 192 g/mol. The fraction of sp³-hybridized carbons (Fsp3) is 1.00. The average molecular weight is 216 g/mol. The molecule has 1 aliphatic heterocycles. The Hall–Kier alpha value is 0.310. The second kappa shape index (κ2) is 4.89. The molecule has 0 saturated carbocycles. The van der Waals surface area contributed by atoms with E-state index in [1.165, 1.54) is 19.3 Å². The highest BCUT2D eigenvalue weighted by atomic mass is 32.1. The molecule has 84 valence electrons. The average Bonchev–Trinajstić information content (AvgIpc) is 2.27. The van der Waals surface area contributed by atoms with Crippen LogP contribution in [0.5, 0.6) is 0 Å². The van der Waals surface area contributed by atoms with Gasteiger partial charge in [0.15, 0.2) is 0 Å². The summed E-state index contributed by atoms with van der Waals surface area (Å²) in [7, 11) is 0. The van der Waals surface area contributed by atoms with Gasteiger partial charge in [-0.3, -0.25) is 0 Å². The number of ether oxygens (including phenoxy) is 1. The summed E-state index contributed by atoms with van der Waals surface area (Å²) >= 11 is 4.92. The third-order valence-corrected chi connectivity index (χ3v) is 4.36. The monoisotopic (exact) mass is 216 g/mol. The minimum absolute atomic E-state index is 0.0741. The van der Waals surface area contributed by atoms with E-state index >= 15 is 0 Å². The van der Waals surface area contributed by atoms with Gasteiger partial charge in [0.2, 0.25) is 0 Å². The molecule has 1 fully saturated rings. The second-order valence-corrected chi connectivity index (χ2v) is 5.97. The highest BCUT2D eigenvalue weighted by Crippen LogP contribution is 2.40. The number of hydrogen-bond donors (Lipinski definition) is 1. The smallest absolute Gasteiger partial charge is 0.0744 e. The van der Waals surface area contributed by atoms with Gasteiger partial charge in [0.1, 0.15) is 0 Å². The molecule has 2 atom stereocenters. The van der Waals surface area contributed by atoms with Crippen LogP contribution in [0, 0.1) is 11.8 Å². The maximum Gasteiger partial charge on any atom is 0.0744 e. The van der Waals surface area contributed by atoms with Gasteiger partial charge in [-0.05, 0) is 31.1 Å². The van der Waals surface area contributed by atoms with Crippen molar-refractivity contribution in [1.82, 2.24) is 0 Å². The molecule has 0 radical (unpaired) electrons. The Kier molecular flexibility index (Phi) is 4.32. The molecule has 0 aromatic heterocycles. The van der Waals surface area contributed by atoms with Crippen molar-refractivity contribution in [3.8, 4) is 0 Å². The third kappa shape index (κ3) is 2.46. The van der Waals surface area contributed by atoms with Gasteiger partial charge in [-0.2, -0.15) is 12.6 Å². The van der Waals surface area contributed by atoms with Gasteiger partial charge < -0.3 is 4.74 Å². The van der Waals surface area contributed by atoms with Gasteiger partial charge in [0, 0.05) is 11.4 Å². The lowest BCUT2D eigenvalue weighted by Gasteiger charge is -2.40. The Morgan fingerprint density at radius 1 is 1.21 bits per heavy atom. The fourth-order valence-corrected chi connectivity index (χ4v) is 2.92. The highest BCUT2D eigenvalue weighted by molar-refractivity contribution is 7.81. The van der Waals surface area contributed by atoms with E-state index in [0.717, 1.165) is 6.61 Å². The summed E-state index contributed by atoms with van der Waals surface area (Å²) in [5.41, 5.74) is 0. The van der Waals surface area contributed by atoms with Crippen LogP contribution in [0.25, 0.3) is 0 Å². The van der Waals surface area contributed by atoms with E-state index < -0.39 is 0 Å².